The molecule has 1 aromatic rings. The predicted octanol–water partition coefficient (Wildman–Crippen LogP) is 3.99. The molecule has 1 aromatic carbocycles. The van der Waals surface area contributed by atoms with Crippen LogP contribution in [0.25, 0.3) is 0 Å². The standard InChI is InChI=1S/C22H34N4OS.HI/c1-23-22(25-13-12-24-21(27)15-18-7-5-6-8-18)26-14-11-19(16-26)17-28-20-9-3-2-4-10-20;/h2-4,9-10,18-19H,5-8,11-17H2,1H3,(H,23,25)(H,24,27);1H. The van der Waals surface area contributed by atoms with Crippen LogP contribution in [0.1, 0.15) is 38.5 Å². The molecular weight excluding hydrogens is 495 g/mol. The van der Waals surface area contributed by atoms with Gasteiger partial charge in [0.15, 0.2) is 5.96 Å². The number of hydrogen-bond acceptors (Lipinski definition) is 3. The maximum Gasteiger partial charge on any atom is 0.220 e. The van der Waals surface area contributed by atoms with Crippen LogP contribution in [0.5, 0.6) is 0 Å². The van der Waals surface area contributed by atoms with Crippen molar-refractivity contribution in [3.63, 3.8) is 0 Å². The summed E-state index contributed by atoms with van der Waals surface area (Å²) in [5.74, 6) is 3.60. The number of nitrogens with one attached hydrogen (secondary N) is 2. The van der Waals surface area contributed by atoms with Gasteiger partial charge in [0, 0.05) is 50.3 Å². The third-order valence-corrected chi connectivity index (χ3v) is 6.95. The van der Waals surface area contributed by atoms with Gasteiger partial charge in [0.1, 0.15) is 0 Å². The molecule has 7 heteroatoms. The number of aliphatic imine (C=N–C) groups is 1. The zero-order valence-corrected chi connectivity index (χ0v) is 20.6. The molecule has 2 N–H and O–H groups in total. The Kier molecular flexibility index (Phi) is 11.2. The van der Waals surface area contributed by atoms with Gasteiger partial charge < -0.3 is 15.5 Å². The highest BCUT2D eigenvalue weighted by atomic mass is 127. The van der Waals surface area contributed by atoms with E-state index in [9.17, 15) is 4.79 Å². The van der Waals surface area contributed by atoms with Crippen LogP contribution in [0.3, 0.4) is 0 Å². The Balaban J connectivity index is 0.00000300. The monoisotopic (exact) mass is 530 g/mol. The van der Waals surface area contributed by atoms with Crippen LogP contribution in [0.4, 0.5) is 0 Å². The fourth-order valence-electron chi connectivity index (χ4n) is 4.15. The number of thioether (sulfide) groups is 1. The Hall–Kier alpha value is -0.960. The van der Waals surface area contributed by atoms with E-state index in [4.69, 9.17) is 0 Å². The Bertz CT molecular complexity index is 637. The first-order chi connectivity index (χ1) is 13.7. The number of benzene rings is 1. The van der Waals surface area contributed by atoms with Crippen LogP contribution in [-0.4, -0.2) is 55.7 Å². The summed E-state index contributed by atoms with van der Waals surface area (Å²) in [6.45, 7) is 3.48. The largest absolute Gasteiger partial charge is 0.354 e. The molecule has 1 unspecified atom stereocenters. The Morgan fingerprint density at radius 1 is 1.10 bits per heavy atom. The lowest BCUT2D eigenvalue weighted by Crippen LogP contribution is -2.43. The van der Waals surface area contributed by atoms with Gasteiger partial charge in [0.25, 0.3) is 0 Å². The number of carbonyl (C=O) groups is 1. The van der Waals surface area contributed by atoms with Crippen molar-refractivity contribution in [2.24, 2.45) is 16.8 Å². The van der Waals surface area contributed by atoms with Crippen molar-refractivity contribution in [2.45, 2.75) is 43.4 Å². The van der Waals surface area contributed by atoms with Crippen LogP contribution in [-0.2, 0) is 4.79 Å². The molecule has 1 saturated heterocycles. The Labute approximate surface area is 196 Å². The van der Waals surface area contributed by atoms with Gasteiger partial charge in [-0.05, 0) is 43.2 Å². The van der Waals surface area contributed by atoms with Gasteiger partial charge in [-0.2, -0.15) is 0 Å². The number of halogens is 1. The number of rotatable bonds is 8. The zero-order valence-electron chi connectivity index (χ0n) is 17.4. The van der Waals surface area contributed by atoms with E-state index in [1.54, 1.807) is 0 Å². The minimum atomic E-state index is 0. The molecule has 1 amide bonds. The lowest BCUT2D eigenvalue weighted by atomic mass is 10.0. The maximum atomic E-state index is 12.0. The van der Waals surface area contributed by atoms with Gasteiger partial charge in [-0.15, -0.1) is 35.7 Å². The van der Waals surface area contributed by atoms with Crippen molar-refractivity contribution >= 4 is 47.6 Å². The smallest absolute Gasteiger partial charge is 0.220 e. The van der Waals surface area contributed by atoms with Gasteiger partial charge in [-0.3, -0.25) is 9.79 Å². The number of nitrogens with zero attached hydrogens (tertiary/aromatic N) is 2. The number of guanidine groups is 1. The van der Waals surface area contributed by atoms with Crippen LogP contribution in [0.15, 0.2) is 40.2 Å². The summed E-state index contributed by atoms with van der Waals surface area (Å²) in [5.41, 5.74) is 0. The van der Waals surface area contributed by atoms with Gasteiger partial charge >= 0.3 is 0 Å². The van der Waals surface area contributed by atoms with Crippen molar-refractivity contribution in [1.82, 2.24) is 15.5 Å². The molecule has 1 aliphatic heterocycles. The summed E-state index contributed by atoms with van der Waals surface area (Å²) in [7, 11) is 1.84. The van der Waals surface area contributed by atoms with Crippen LogP contribution in [0.2, 0.25) is 0 Å². The second-order valence-corrected chi connectivity index (χ2v) is 9.00. The molecule has 3 rings (SSSR count). The molecule has 162 valence electrons. The molecule has 1 heterocycles. The highest BCUT2D eigenvalue weighted by Crippen LogP contribution is 2.27. The number of hydrogen-bond donors (Lipinski definition) is 2. The summed E-state index contributed by atoms with van der Waals surface area (Å²) in [4.78, 5) is 20.1. The molecule has 2 fully saturated rings. The van der Waals surface area contributed by atoms with E-state index in [1.165, 1.54) is 37.0 Å². The van der Waals surface area contributed by atoms with E-state index < -0.39 is 0 Å². The molecule has 0 aromatic heterocycles. The van der Waals surface area contributed by atoms with E-state index in [2.05, 4.69) is 50.9 Å². The SMILES string of the molecule is CN=C(NCCNC(=O)CC1CCCC1)N1CCC(CSc2ccccc2)C1.I. The van der Waals surface area contributed by atoms with E-state index >= 15 is 0 Å². The fraction of sp³-hybridized carbons (Fsp3) is 0.636. The highest BCUT2D eigenvalue weighted by Gasteiger charge is 2.25. The summed E-state index contributed by atoms with van der Waals surface area (Å²) in [5, 5.41) is 6.46. The van der Waals surface area contributed by atoms with E-state index in [0.717, 1.165) is 31.3 Å². The number of carbonyl (C=O) groups excluding carboxylic acids is 1. The van der Waals surface area contributed by atoms with Crippen molar-refractivity contribution in [3.8, 4) is 0 Å². The van der Waals surface area contributed by atoms with Crippen molar-refractivity contribution in [1.29, 1.82) is 0 Å². The lowest BCUT2D eigenvalue weighted by molar-refractivity contribution is -0.121. The summed E-state index contributed by atoms with van der Waals surface area (Å²) in [6.07, 6.45) is 6.92. The minimum Gasteiger partial charge on any atom is -0.354 e. The van der Waals surface area contributed by atoms with Gasteiger partial charge in [-0.25, -0.2) is 0 Å². The van der Waals surface area contributed by atoms with Crippen LogP contribution in [0, 0.1) is 11.8 Å². The predicted molar refractivity (Wildman–Crippen MR) is 133 cm³/mol. The number of likely N-dealkylation sites (tertiary alicyclic amines) is 1. The quantitative estimate of drug-likeness (QED) is 0.176. The van der Waals surface area contributed by atoms with Crippen molar-refractivity contribution in [3.05, 3.63) is 30.3 Å². The summed E-state index contributed by atoms with van der Waals surface area (Å²) in [6, 6.07) is 10.6. The number of amides is 1. The molecular formula is C22H35IN4OS. The third-order valence-electron chi connectivity index (χ3n) is 5.71. The first-order valence-corrected chi connectivity index (χ1v) is 11.6. The van der Waals surface area contributed by atoms with E-state index in [1.807, 2.05) is 18.8 Å². The third kappa shape index (κ3) is 8.36. The molecule has 2 aliphatic rings. The second kappa shape index (κ2) is 13.4. The lowest BCUT2D eigenvalue weighted by Gasteiger charge is -2.22. The maximum absolute atomic E-state index is 12.0. The first kappa shape index (κ1) is 24.3. The molecule has 0 spiro atoms. The Morgan fingerprint density at radius 2 is 1.83 bits per heavy atom. The fourth-order valence-corrected chi connectivity index (χ4v) is 5.20. The van der Waals surface area contributed by atoms with Crippen LogP contribution >= 0.6 is 35.7 Å². The summed E-state index contributed by atoms with van der Waals surface area (Å²) < 4.78 is 0. The topological polar surface area (TPSA) is 56.7 Å². The molecule has 1 aliphatic carbocycles. The molecule has 1 atom stereocenters. The minimum absolute atomic E-state index is 0. The molecule has 5 nitrogen and oxygen atoms in total. The van der Waals surface area contributed by atoms with Gasteiger partial charge in [0.2, 0.25) is 5.91 Å². The molecule has 0 radical (unpaired) electrons. The molecule has 0 bridgehead atoms. The average Bonchev–Trinajstić information content (AvgIpc) is 3.39. The second-order valence-electron chi connectivity index (χ2n) is 7.90. The van der Waals surface area contributed by atoms with E-state index in [-0.39, 0.29) is 29.9 Å². The van der Waals surface area contributed by atoms with Gasteiger partial charge in [-0.1, -0.05) is 31.0 Å². The first-order valence-electron chi connectivity index (χ1n) is 10.6. The van der Waals surface area contributed by atoms with Crippen molar-refractivity contribution < 1.29 is 4.79 Å². The normalized spacial score (nSPS) is 19.8. The average molecular weight is 531 g/mol. The van der Waals surface area contributed by atoms with Crippen LogP contribution < -0.4 is 10.6 Å². The van der Waals surface area contributed by atoms with Crippen molar-refractivity contribution in [2.75, 3.05) is 39.0 Å². The Morgan fingerprint density at radius 3 is 2.55 bits per heavy atom. The van der Waals surface area contributed by atoms with Gasteiger partial charge in [0.05, 0.1) is 0 Å². The molecule has 29 heavy (non-hydrogen) atoms. The van der Waals surface area contributed by atoms with E-state index in [0.29, 0.717) is 24.8 Å². The summed E-state index contributed by atoms with van der Waals surface area (Å²) >= 11 is 1.94. The molecule has 1 saturated carbocycles. The highest BCUT2D eigenvalue weighted by molar-refractivity contribution is 14.0. The zero-order chi connectivity index (χ0) is 19.6.